The molecule has 0 bridgehead atoms. The molecule has 0 saturated carbocycles. The Kier molecular flexibility index (Phi) is 7.48. The van der Waals surface area contributed by atoms with Crippen LogP contribution < -0.4 is 11.5 Å². The van der Waals surface area contributed by atoms with Crippen molar-refractivity contribution in [2.45, 2.75) is 25.3 Å². The maximum atomic E-state index is 5.99. The summed E-state index contributed by atoms with van der Waals surface area (Å²) in [5, 5.41) is 0. The SMILES string of the molecule is Cl.NCCCC[C@H](N)c1ccccc1. The maximum Gasteiger partial charge on any atom is 0.0294 e. The van der Waals surface area contributed by atoms with Gasteiger partial charge in [-0.1, -0.05) is 36.8 Å². The molecule has 0 unspecified atom stereocenters. The third kappa shape index (κ3) is 4.61. The zero-order valence-electron chi connectivity index (χ0n) is 8.36. The van der Waals surface area contributed by atoms with Crippen LogP contribution in [0.15, 0.2) is 30.3 Å². The summed E-state index contributed by atoms with van der Waals surface area (Å²) >= 11 is 0. The maximum absolute atomic E-state index is 5.99. The highest BCUT2D eigenvalue weighted by Gasteiger charge is 2.03. The Bertz CT molecular complexity index is 226. The summed E-state index contributed by atoms with van der Waals surface area (Å²) in [6.07, 6.45) is 3.22. The van der Waals surface area contributed by atoms with E-state index in [0.717, 1.165) is 25.8 Å². The average molecular weight is 215 g/mol. The van der Waals surface area contributed by atoms with Crippen LogP contribution in [0.25, 0.3) is 0 Å². The molecule has 0 aliphatic rings. The van der Waals surface area contributed by atoms with Gasteiger partial charge in [0.1, 0.15) is 0 Å². The van der Waals surface area contributed by atoms with Crippen molar-refractivity contribution in [1.29, 1.82) is 0 Å². The first-order valence-electron chi connectivity index (χ1n) is 4.85. The van der Waals surface area contributed by atoms with Crippen LogP contribution in [0, 0.1) is 0 Å². The van der Waals surface area contributed by atoms with E-state index in [1.165, 1.54) is 5.56 Å². The molecule has 80 valence electrons. The number of unbranched alkanes of at least 4 members (excludes halogenated alkanes) is 1. The first-order chi connectivity index (χ1) is 6.34. The Balaban J connectivity index is 0.00000169. The molecule has 14 heavy (non-hydrogen) atoms. The second-order valence-corrected chi connectivity index (χ2v) is 3.30. The van der Waals surface area contributed by atoms with E-state index in [4.69, 9.17) is 11.5 Å². The van der Waals surface area contributed by atoms with Gasteiger partial charge in [-0.3, -0.25) is 0 Å². The van der Waals surface area contributed by atoms with E-state index in [9.17, 15) is 0 Å². The summed E-state index contributed by atoms with van der Waals surface area (Å²) in [5.41, 5.74) is 12.6. The molecule has 1 atom stereocenters. The van der Waals surface area contributed by atoms with Gasteiger partial charge in [0.15, 0.2) is 0 Å². The molecule has 0 amide bonds. The molecule has 0 aromatic heterocycles. The number of halogens is 1. The van der Waals surface area contributed by atoms with Crippen LogP contribution in [0.4, 0.5) is 0 Å². The van der Waals surface area contributed by atoms with Crippen molar-refractivity contribution in [3.05, 3.63) is 35.9 Å². The molecule has 3 heteroatoms. The molecule has 0 aliphatic heterocycles. The average Bonchev–Trinajstić information content (AvgIpc) is 2.19. The lowest BCUT2D eigenvalue weighted by atomic mass is 10.0. The van der Waals surface area contributed by atoms with Crippen LogP contribution in [0.1, 0.15) is 30.9 Å². The summed E-state index contributed by atoms with van der Waals surface area (Å²) in [5.74, 6) is 0. The molecule has 1 aromatic carbocycles. The summed E-state index contributed by atoms with van der Waals surface area (Å²) in [7, 11) is 0. The zero-order valence-corrected chi connectivity index (χ0v) is 9.17. The Morgan fingerprint density at radius 3 is 2.29 bits per heavy atom. The summed E-state index contributed by atoms with van der Waals surface area (Å²) in [6.45, 7) is 0.765. The second-order valence-electron chi connectivity index (χ2n) is 3.30. The van der Waals surface area contributed by atoms with E-state index in [-0.39, 0.29) is 18.4 Å². The fourth-order valence-electron chi connectivity index (χ4n) is 1.38. The van der Waals surface area contributed by atoms with Gasteiger partial charge in [0, 0.05) is 6.04 Å². The van der Waals surface area contributed by atoms with Crippen molar-refractivity contribution >= 4 is 12.4 Å². The Hall–Kier alpha value is -0.570. The molecule has 1 rings (SSSR count). The van der Waals surface area contributed by atoms with Crippen molar-refractivity contribution in [3.8, 4) is 0 Å². The van der Waals surface area contributed by atoms with E-state index < -0.39 is 0 Å². The predicted octanol–water partition coefficient (Wildman–Crippen LogP) is 2.24. The fourth-order valence-corrected chi connectivity index (χ4v) is 1.38. The van der Waals surface area contributed by atoms with Crippen LogP contribution in [0.5, 0.6) is 0 Å². The highest BCUT2D eigenvalue weighted by atomic mass is 35.5. The van der Waals surface area contributed by atoms with Crippen LogP contribution >= 0.6 is 12.4 Å². The minimum absolute atomic E-state index is 0. The van der Waals surface area contributed by atoms with Gasteiger partial charge in [0.25, 0.3) is 0 Å². The van der Waals surface area contributed by atoms with Gasteiger partial charge in [-0.15, -0.1) is 12.4 Å². The van der Waals surface area contributed by atoms with Gasteiger partial charge >= 0.3 is 0 Å². The quantitative estimate of drug-likeness (QED) is 0.739. The van der Waals surface area contributed by atoms with E-state index >= 15 is 0 Å². The summed E-state index contributed by atoms with van der Waals surface area (Å²) in [4.78, 5) is 0. The molecule has 4 N–H and O–H groups in total. The van der Waals surface area contributed by atoms with Crippen molar-refractivity contribution in [2.75, 3.05) is 6.54 Å². The molecule has 0 radical (unpaired) electrons. The molecule has 0 fully saturated rings. The van der Waals surface area contributed by atoms with Crippen molar-refractivity contribution in [3.63, 3.8) is 0 Å². The molecule has 0 saturated heterocycles. The fraction of sp³-hybridized carbons (Fsp3) is 0.455. The molecule has 0 heterocycles. The van der Waals surface area contributed by atoms with Crippen molar-refractivity contribution < 1.29 is 0 Å². The van der Waals surface area contributed by atoms with E-state index in [2.05, 4.69) is 12.1 Å². The minimum atomic E-state index is 0. The van der Waals surface area contributed by atoms with Gasteiger partial charge in [-0.25, -0.2) is 0 Å². The molecule has 2 nitrogen and oxygen atoms in total. The summed E-state index contributed by atoms with van der Waals surface area (Å²) in [6, 6.07) is 10.4. The molecule has 0 aliphatic carbocycles. The molecule has 1 aromatic rings. The van der Waals surface area contributed by atoms with Crippen LogP contribution in [-0.4, -0.2) is 6.54 Å². The first-order valence-corrected chi connectivity index (χ1v) is 4.85. The highest BCUT2D eigenvalue weighted by Crippen LogP contribution is 2.15. The lowest BCUT2D eigenvalue weighted by molar-refractivity contribution is 0.591. The van der Waals surface area contributed by atoms with E-state index in [1.807, 2.05) is 18.2 Å². The largest absolute Gasteiger partial charge is 0.330 e. The normalized spacial score (nSPS) is 11.9. The number of hydrogen-bond acceptors (Lipinski definition) is 2. The minimum Gasteiger partial charge on any atom is -0.330 e. The van der Waals surface area contributed by atoms with Gasteiger partial charge in [0.05, 0.1) is 0 Å². The Morgan fingerprint density at radius 1 is 1.07 bits per heavy atom. The van der Waals surface area contributed by atoms with Crippen molar-refractivity contribution in [2.24, 2.45) is 11.5 Å². The summed E-state index contributed by atoms with van der Waals surface area (Å²) < 4.78 is 0. The lowest BCUT2D eigenvalue weighted by Crippen LogP contribution is -2.10. The van der Waals surface area contributed by atoms with E-state index in [0.29, 0.717) is 0 Å². The monoisotopic (exact) mass is 214 g/mol. The van der Waals surface area contributed by atoms with Crippen LogP contribution in [-0.2, 0) is 0 Å². The van der Waals surface area contributed by atoms with Crippen LogP contribution in [0.3, 0.4) is 0 Å². The van der Waals surface area contributed by atoms with Gasteiger partial charge in [-0.05, 0) is 24.9 Å². The lowest BCUT2D eigenvalue weighted by Gasteiger charge is -2.10. The first kappa shape index (κ1) is 13.4. The molecular formula is C11H19ClN2. The topological polar surface area (TPSA) is 52.0 Å². The standard InChI is InChI=1S/C11H18N2.ClH/c12-9-5-4-8-11(13)10-6-2-1-3-7-10;/h1-3,6-7,11H,4-5,8-9,12-13H2;1H/t11-;/m0./s1. The van der Waals surface area contributed by atoms with E-state index in [1.54, 1.807) is 0 Å². The van der Waals surface area contributed by atoms with Crippen LogP contribution in [0.2, 0.25) is 0 Å². The number of nitrogens with two attached hydrogens (primary N) is 2. The zero-order chi connectivity index (χ0) is 9.52. The second kappa shape index (κ2) is 7.80. The van der Waals surface area contributed by atoms with Gasteiger partial charge < -0.3 is 11.5 Å². The Labute approximate surface area is 92.1 Å². The van der Waals surface area contributed by atoms with Crippen molar-refractivity contribution in [1.82, 2.24) is 0 Å². The molecular weight excluding hydrogens is 196 g/mol. The number of rotatable bonds is 5. The highest BCUT2D eigenvalue weighted by molar-refractivity contribution is 5.85. The predicted molar refractivity (Wildman–Crippen MR) is 63.5 cm³/mol. The third-order valence-corrected chi connectivity index (χ3v) is 2.20. The molecule has 0 spiro atoms. The van der Waals surface area contributed by atoms with Gasteiger partial charge in [0.2, 0.25) is 0 Å². The third-order valence-electron chi connectivity index (χ3n) is 2.20. The smallest absolute Gasteiger partial charge is 0.0294 e. The number of hydrogen-bond donors (Lipinski definition) is 2. The Morgan fingerprint density at radius 2 is 1.71 bits per heavy atom. The van der Waals surface area contributed by atoms with Gasteiger partial charge in [-0.2, -0.15) is 0 Å². The number of benzene rings is 1.